The molecule has 1 aliphatic carbocycles. The van der Waals surface area contributed by atoms with E-state index in [1.54, 1.807) is 18.2 Å². The fraction of sp³-hybridized carbons (Fsp3) is 0.348. The second kappa shape index (κ2) is 9.77. The van der Waals surface area contributed by atoms with Crippen molar-refractivity contribution >= 4 is 29.7 Å². The third kappa shape index (κ3) is 5.61. The standard InChI is InChI=1S/C23H25N3O8/c1-12(2-9-18(27)26-23(22(31)32)11-16(23)20(28)29)10-15-7-8-17(33-15)21(30)34-14-5-3-13(4-6-14)19(24)25/h3-8,12,16H,2,9-11H2,1H3,(H3,24,25)(H,26,27)(H,28,29)(H,31,32)/t12?,16?,23-/m1/s1. The second-order valence-electron chi connectivity index (χ2n) is 8.36. The molecule has 1 saturated carbocycles. The Morgan fingerprint density at radius 2 is 1.88 bits per heavy atom. The molecule has 3 rings (SSSR count). The number of nitrogens with one attached hydrogen (secondary N) is 2. The first-order valence-electron chi connectivity index (χ1n) is 10.5. The zero-order valence-corrected chi connectivity index (χ0v) is 18.4. The van der Waals surface area contributed by atoms with Crippen molar-refractivity contribution in [3.63, 3.8) is 0 Å². The van der Waals surface area contributed by atoms with Crippen molar-refractivity contribution in [1.29, 1.82) is 5.41 Å². The Bertz CT molecular complexity index is 1120. The molecule has 0 radical (unpaired) electrons. The van der Waals surface area contributed by atoms with Crippen LogP contribution in [0.5, 0.6) is 5.75 Å². The number of carboxylic acids is 2. The van der Waals surface area contributed by atoms with Crippen LogP contribution in [0.25, 0.3) is 0 Å². The van der Waals surface area contributed by atoms with Crippen molar-refractivity contribution in [2.75, 3.05) is 0 Å². The number of esters is 1. The lowest BCUT2D eigenvalue weighted by atomic mass is 10.00. The van der Waals surface area contributed by atoms with E-state index in [-0.39, 0.29) is 36.1 Å². The van der Waals surface area contributed by atoms with E-state index >= 15 is 0 Å². The van der Waals surface area contributed by atoms with Gasteiger partial charge in [0.05, 0.1) is 5.92 Å². The van der Waals surface area contributed by atoms with Crippen molar-refractivity contribution in [2.45, 2.75) is 38.1 Å². The van der Waals surface area contributed by atoms with E-state index in [9.17, 15) is 24.3 Å². The Balaban J connectivity index is 1.47. The van der Waals surface area contributed by atoms with Gasteiger partial charge in [0.15, 0.2) is 5.54 Å². The van der Waals surface area contributed by atoms with Gasteiger partial charge in [-0.3, -0.25) is 15.0 Å². The first-order valence-corrected chi connectivity index (χ1v) is 10.5. The molecule has 11 heteroatoms. The summed E-state index contributed by atoms with van der Waals surface area (Å²) in [7, 11) is 0. The van der Waals surface area contributed by atoms with Gasteiger partial charge in [-0.2, -0.15) is 0 Å². The monoisotopic (exact) mass is 471 g/mol. The Kier molecular flexibility index (Phi) is 7.04. The van der Waals surface area contributed by atoms with Gasteiger partial charge in [-0.15, -0.1) is 0 Å². The van der Waals surface area contributed by atoms with Gasteiger partial charge in [0.1, 0.15) is 17.3 Å². The zero-order chi connectivity index (χ0) is 25.0. The van der Waals surface area contributed by atoms with Crippen molar-refractivity contribution in [3.05, 3.63) is 53.5 Å². The van der Waals surface area contributed by atoms with Gasteiger partial charge in [0.25, 0.3) is 0 Å². The highest BCUT2D eigenvalue weighted by Gasteiger charge is 2.65. The molecule has 1 heterocycles. The highest BCUT2D eigenvalue weighted by molar-refractivity contribution is 5.97. The highest BCUT2D eigenvalue weighted by Crippen LogP contribution is 2.44. The number of nitrogen functional groups attached to an aromatic ring is 1. The summed E-state index contributed by atoms with van der Waals surface area (Å²) in [5.74, 6) is -4.29. The number of carbonyl (C=O) groups excluding carboxylic acids is 2. The molecule has 1 fully saturated rings. The number of furan rings is 1. The van der Waals surface area contributed by atoms with Crippen LogP contribution in [0.1, 0.15) is 48.1 Å². The topological polar surface area (TPSA) is 193 Å². The van der Waals surface area contributed by atoms with Gasteiger partial charge in [0, 0.05) is 18.4 Å². The van der Waals surface area contributed by atoms with E-state index in [4.69, 9.17) is 25.4 Å². The average molecular weight is 471 g/mol. The molecule has 34 heavy (non-hydrogen) atoms. The second-order valence-corrected chi connectivity index (χ2v) is 8.36. The van der Waals surface area contributed by atoms with Crippen LogP contribution in [0.3, 0.4) is 0 Å². The summed E-state index contributed by atoms with van der Waals surface area (Å²) in [5, 5.41) is 28.0. The smallest absolute Gasteiger partial charge is 0.379 e. The maximum absolute atomic E-state index is 12.3. The summed E-state index contributed by atoms with van der Waals surface area (Å²) in [6.07, 6.45) is 0.720. The number of amides is 1. The molecule has 180 valence electrons. The molecular formula is C23H25N3O8. The predicted octanol–water partition coefficient (Wildman–Crippen LogP) is 1.79. The molecule has 3 atom stereocenters. The van der Waals surface area contributed by atoms with Gasteiger partial charge in [-0.1, -0.05) is 6.92 Å². The van der Waals surface area contributed by atoms with E-state index in [1.807, 2.05) is 6.92 Å². The molecule has 2 aromatic rings. The van der Waals surface area contributed by atoms with Crippen LogP contribution in [0.2, 0.25) is 0 Å². The molecule has 1 aromatic carbocycles. The zero-order valence-electron chi connectivity index (χ0n) is 18.4. The van der Waals surface area contributed by atoms with Crippen molar-refractivity contribution in [1.82, 2.24) is 5.32 Å². The molecule has 11 nitrogen and oxygen atoms in total. The van der Waals surface area contributed by atoms with E-state index < -0.39 is 35.3 Å². The van der Waals surface area contributed by atoms with Crippen LogP contribution >= 0.6 is 0 Å². The number of benzene rings is 1. The molecule has 0 bridgehead atoms. The Morgan fingerprint density at radius 3 is 2.44 bits per heavy atom. The summed E-state index contributed by atoms with van der Waals surface area (Å²) >= 11 is 0. The van der Waals surface area contributed by atoms with Crippen LogP contribution in [-0.4, -0.2) is 45.4 Å². The number of aliphatic carboxylic acids is 2. The third-order valence-corrected chi connectivity index (χ3v) is 5.66. The molecule has 1 aromatic heterocycles. The number of ether oxygens (including phenoxy) is 1. The fourth-order valence-electron chi connectivity index (χ4n) is 3.58. The average Bonchev–Trinajstić information content (AvgIpc) is 3.33. The maximum atomic E-state index is 12.3. The third-order valence-electron chi connectivity index (χ3n) is 5.66. The van der Waals surface area contributed by atoms with Gasteiger partial charge in [-0.05, 0) is 55.2 Å². The molecule has 2 unspecified atom stereocenters. The molecule has 1 amide bonds. The normalized spacial score (nSPS) is 19.6. The molecule has 0 aliphatic heterocycles. The van der Waals surface area contributed by atoms with Crippen molar-refractivity contribution in [2.24, 2.45) is 17.6 Å². The Hall–Kier alpha value is -4.15. The van der Waals surface area contributed by atoms with E-state index in [2.05, 4.69) is 5.32 Å². The minimum Gasteiger partial charge on any atom is -0.481 e. The number of carboxylic acid groups (broad SMARTS) is 2. The first-order chi connectivity index (χ1) is 16.0. The van der Waals surface area contributed by atoms with Gasteiger partial charge < -0.3 is 30.4 Å². The van der Waals surface area contributed by atoms with Crippen LogP contribution < -0.4 is 15.8 Å². The van der Waals surface area contributed by atoms with Crippen LogP contribution in [0.4, 0.5) is 0 Å². The summed E-state index contributed by atoms with van der Waals surface area (Å²) in [6, 6.07) is 9.25. The van der Waals surface area contributed by atoms with E-state index in [0.717, 1.165) is 0 Å². The number of carbonyl (C=O) groups is 4. The molecule has 0 spiro atoms. The van der Waals surface area contributed by atoms with Gasteiger partial charge >= 0.3 is 17.9 Å². The summed E-state index contributed by atoms with van der Waals surface area (Å²) in [4.78, 5) is 46.9. The molecule has 6 N–H and O–H groups in total. The van der Waals surface area contributed by atoms with Crippen LogP contribution in [0, 0.1) is 17.2 Å². The SMILES string of the molecule is CC(CCC(=O)N[C@]1(C(=O)O)CC1C(=O)O)Cc1ccc(C(=O)Oc2ccc(C(=N)N)cc2)o1. The van der Waals surface area contributed by atoms with Crippen molar-refractivity contribution < 1.29 is 38.5 Å². The predicted molar refractivity (Wildman–Crippen MR) is 117 cm³/mol. The largest absolute Gasteiger partial charge is 0.481 e. The first kappa shape index (κ1) is 24.5. The number of hydrogen-bond acceptors (Lipinski definition) is 7. The molecular weight excluding hydrogens is 446 g/mol. The van der Waals surface area contributed by atoms with Gasteiger partial charge in [0.2, 0.25) is 11.7 Å². The summed E-state index contributed by atoms with van der Waals surface area (Å²) in [6.45, 7) is 1.87. The number of amidine groups is 1. The van der Waals surface area contributed by atoms with E-state index in [0.29, 0.717) is 24.2 Å². The fourth-order valence-corrected chi connectivity index (χ4v) is 3.58. The lowest BCUT2D eigenvalue weighted by molar-refractivity contribution is -0.147. The number of rotatable bonds is 11. The lowest BCUT2D eigenvalue weighted by Crippen LogP contribution is -2.46. The molecule has 1 aliphatic rings. The Morgan fingerprint density at radius 1 is 1.21 bits per heavy atom. The quantitative estimate of drug-likeness (QED) is 0.140. The molecule has 0 saturated heterocycles. The number of hydrogen-bond donors (Lipinski definition) is 5. The Labute approximate surface area is 194 Å². The summed E-state index contributed by atoms with van der Waals surface area (Å²) in [5.41, 5.74) is 4.16. The minimum atomic E-state index is -1.73. The van der Waals surface area contributed by atoms with Crippen LogP contribution in [-0.2, 0) is 20.8 Å². The summed E-state index contributed by atoms with van der Waals surface area (Å²) < 4.78 is 10.8. The van der Waals surface area contributed by atoms with E-state index in [1.165, 1.54) is 18.2 Å². The lowest BCUT2D eigenvalue weighted by Gasteiger charge is -2.15. The number of nitrogens with two attached hydrogens (primary N) is 1. The minimum absolute atomic E-state index is 0.00688. The van der Waals surface area contributed by atoms with Crippen molar-refractivity contribution in [3.8, 4) is 5.75 Å². The van der Waals surface area contributed by atoms with Crippen LogP contribution in [0.15, 0.2) is 40.8 Å². The van der Waals surface area contributed by atoms with Gasteiger partial charge in [-0.25, -0.2) is 9.59 Å². The maximum Gasteiger partial charge on any atom is 0.379 e. The highest BCUT2D eigenvalue weighted by atomic mass is 16.5.